The van der Waals surface area contributed by atoms with Crippen molar-refractivity contribution in [2.45, 2.75) is 26.4 Å². The topological polar surface area (TPSA) is 32.5 Å². The Morgan fingerprint density at radius 1 is 1.17 bits per heavy atom. The van der Waals surface area contributed by atoms with Crippen molar-refractivity contribution >= 4 is 17.3 Å². The normalized spacial score (nSPS) is 18.4. The van der Waals surface area contributed by atoms with Crippen LogP contribution in [0.1, 0.15) is 19.4 Å². The van der Waals surface area contributed by atoms with E-state index < -0.39 is 0 Å². The molecule has 100 valence electrons. The van der Waals surface area contributed by atoms with Crippen LogP contribution in [-0.4, -0.2) is 42.0 Å². The van der Waals surface area contributed by atoms with E-state index in [-0.39, 0.29) is 0 Å². The zero-order chi connectivity index (χ0) is 13.1. The first kappa shape index (κ1) is 13.7. The van der Waals surface area contributed by atoms with Crippen LogP contribution in [0.25, 0.3) is 0 Å². The van der Waals surface area contributed by atoms with Crippen molar-refractivity contribution < 1.29 is 0 Å². The van der Waals surface area contributed by atoms with Crippen molar-refractivity contribution in [1.29, 1.82) is 0 Å². The number of hydrogen-bond donors (Lipinski definition) is 1. The van der Waals surface area contributed by atoms with E-state index in [0.29, 0.717) is 6.04 Å². The summed E-state index contributed by atoms with van der Waals surface area (Å²) in [5.41, 5.74) is 7.77. The second-order valence-electron chi connectivity index (χ2n) is 5.30. The van der Waals surface area contributed by atoms with Gasteiger partial charge in [0.15, 0.2) is 0 Å². The highest BCUT2D eigenvalue weighted by Gasteiger charge is 2.18. The van der Waals surface area contributed by atoms with Crippen LogP contribution in [0.2, 0.25) is 5.02 Å². The van der Waals surface area contributed by atoms with E-state index in [1.165, 1.54) is 5.56 Å². The summed E-state index contributed by atoms with van der Waals surface area (Å²) in [6.45, 7) is 9.98. The first-order chi connectivity index (χ1) is 8.54. The van der Waals surface area contributed by atoms with Gasteiger partial charge in [-0.05, 0) is 37.6 Å². The fourth-order valence-electron chi connectivity index (χ4n) is 2.46. The number of anilines is 1. The van der Waals surface area contributed by atoms with Gasteiger partial charge < -0.3 is 5.73 Å². The number of piperazine rings is 1. The van der Waals surface area contributed by atoms with Crippen LogP contribution in [0, 0.1) is 0 Å². The lowest BCUT2D eigenvalue weighted by Gasteiger charge is -2.37. The molecule has 0 atom stereocenters. The number of rotatable bonds is 3. The molecule has 0 amide bonds. The van der Waals surface area contributed by atoms with Crippen LogP contribution >= 0.6 is 11.6 Å². The minimum Gasteiger partial charge on any atom is -0.399 e. The van der Waals surface area contributed by atoms with Crippen molar-refractivity contribution in [3.63, 3.8) is 0 Å². The summed E-state index contributed by atoms with van der Waals surface area (Å²) in [7, 11) is 0. The van der Waals surface area contributed by atoms with E-state index in [0.717, 1.165) is 43.4 Å². The standard InChI is InChI=1S/C14H22ClN3/c1-11(2)18-5-3-17(4-6-18)10-12-7-13(15)9-14(16)8-12/h7-9,11H,3-6,10,16H2,1-2H3. The molecule has 0 aromatic heterocycles. The van der Waals surface area contributed by atoms with Gasteiger partial charge in [0.25, 0.3) is 0 Å². The van der Waals surface area contributed by atoms with Crippen LogP contribution in [0.3, 0.4) is 0 Å². The maximum Gasteiger partial charge on any atom is 0.0429 e. The number of nitrogens with two attached hydrogens (primary N) is 1. The molecule has 0 aliphatic carbocycles. The van der Waals surface area contributed by atoms with Crippen LogP contribution in [0.4, 0.5) is 5.69 Å². The van der Waals surface area contributed by atoms with E-state index in [4.69, 9.17) is 17.3 Å². The van der Waals surface area contributed by atoms with E-state index in [1.807, 2.05) is 12.1 Å². The molecule has 1 fully saturated rings. The van der Waals surface area contributed by atoms with Gasteiger partial charge in [0.1, 0.15) is 0 Å². The van der Waals surface area contributed by atoms with Gasteiger partial charge in [-0.2, -0.15) is 0 Å². The highest BCUT2D eigenvalue weighted by atomic mass is 35.5. The monoisotopic (exact) mass is 267 g/mol. The molecule has 3 nitrogen and oxygen atoms in total. The third kappa shape index (κ3) is 3.61. The maximum absolute atomic E-state index is 6.03. The molecule has 0 spiro atoms. The third-order valence-electron chi connectivity index (χ3n) is 3.52. The second kappa shape index (κ2) is 5.91. The predicted octanol–water partition coefficient (Wildman–Crippen LogP) is 2.45. The van der Waals surface area contributed by atoms with Gasteiger partial charge in [-0.3, -0.25) is 9.80 Å². The average molecular weight is 268 g/mol. The fourth-order valence-corrected chi connectivity index (χ4v) is 2.73. The van der Waals surface area contributed by atoms with Crippen molar-refractivity contribution in [3.8, 4) is 0 Å². The lowest BCUT2D eigenvalue weighted by atomic mass is 10.1. The number of benzene rings is 1. The number of nitrogen functional groups attached to an aromatic ring is 1. The Morgan fingerprint density at radius 2 is 1.83 bits per heavy atom. The molecule has 1 aliphatic rings. The van der Waals surface area contributed by atoms with E-state index in [1.54, 1.807) is 6.07 Å². The quantitative estimate of drug-likeness (QED) is 0.854. The summed E-state index contributed by atoms with van der Waals surface area (Å²) in [6, 6.07) is 6.46. The first-order valence-corrected chi connectivity index (χ1v) is 6.94. The summed E-state index contributed by atoms with van der Waals surface area (Å²) in [6.07, 6.45) is 0. The molecular weight excluding hydrogens is 246 g/mol. The van der Waals surface area contributed by atoms with Gasteiger partial charge in [-0.15, -0.1) is 0 Å². The Labute approximate surface area is 115 Å². The zero-order valence-electron chi connectivity index (χ0n) is 11.2. The molecule has 2 N–H and O–H groups in total. The molecule has 1 aliphatic heterocycles. The SMILES string of the molecule is CC(C)N1CCN(Cc2cc(N)cc(Cl)c2)CC1. The molecular formula is C14H22ClN3. The molecule has 1 saturated heterocycles. The van der Waals surface area contributed by atoms with E-state index in [9.17, 15) is 0 Å². The lowest BCUT2D eigenvalue weighted by molar-refractivity contribution is 0.104. The molecule has 1 aromatic carbocycles. The first-order valence-electron chi connectivity index (χ1n) is 6.56. The Hall–Kier alpha value is -0.770. The largest absolute Gasteiger partial charge is 0.399 e. The number of nitrogens with zero attached hydrogens (tertiary/aromatic N) is 2. The Kier molecular flexibility index (Phi) is 4.49. The van der Waals surface area contributed by atoms with Crippen LogP contribution in [0.5, 0.6) is 0 Å². The van der Waals surface area contributed by atoms with Crippen molar-refractivity contribution in [2.75, 3.05) is 31.9 Å². The summed E-state index contributed by atoms with van der Waals surface area (Å²) >= 11 is 6.03. The molecule has 1 heterocycles. The zero-order valence-corrected chi connectivity index (χ0v) is 12.0. The van der Waals surface area contributed by atoms with Crippen molar-refractivity contribution in [3.05, 3.63) is 28.8 Å². The summed E-state index contributed by atoms with van der Waals surface area (Å²) < 4.78 is 0. The Balaban J connectivity index is 1.91. The van der Waals surface area contributed by atoms with Gasteiger partial charge in [-0.25, -0.2) is 0 Å². The molecule has 4 heteroatoms. The van der Waals surface area contributed by atoms with Gasteiger partial charge in [0, 0.05) is 49.5 Å². The Bertz CT molecular complexity index is 378. The summed E-state index contributed by atoms with van der Waals surface area (Å²) in [4.78, 5) is 4.98. The molecule has 18 heavy (non-hydrogen) atoms. The number of halogens is 1. The van der Waals surface area contributed by atoms with Gasteiger partial charge in [0.2, 0.25) is 0 Å². The predicted molar refractivity (Wildman–Crippen MR) is 77.9 cm³/mol. The fraction of sp³-hybridized carbons (Fsp3) is 0.571. The molecule has 0 saturated carbocycles. The third-order valence-corrected chi connectivity index (χ3v) is 3.74. The smallest absolute Gasteiger partial charge is 0.0429 e. The van der Waals surface area contributed by atoms with Gasteiger partial charge in [0.05, 0.1) is 0 Å². The average Bonchev–Trinajstić information content (AvgIpc) is 2.28. The highest BCUT2D eigenvalue weighted by Crippen LogP contribution is 2.18. The molecule has 0 bridgehead atoms. The Morgan fingerprint density at radius 3 is 2.39 bits per heavy atom. The summed E-state index contributed by atoms with van der Waals surface area (Å²) in [5.74, 6) is 0. The second-order valence-corrected chi connectivity index (χ2v) is 5.74. The maximum atomic E-state index is 6.03. The van der Waals surface area contributed by atoms with Crippen LogP contribution in [0.15, 0.2) is 18.2 Å². The van der Waals surface area contributed by atoms with Crippen LogP contribution in [-0.2, 0) is 6.54 Å². The number of hydrogen-bond acceptors (Lipinski definition) is 3. The molecule has 1 aromatic rings. The van der Waals surface area contributed by atoms with E-state index in [2.05, 4.69) is 23.6 Å². The van der Waals surface area contributed by atoms with Gasteiger partial charge >= 0.3 is 0 Å². The molecule has 0 unspecified atom stereocenters. The van der Waals surface area contributed by atoms with E-state index >= 15 is 0 Å². The molecule has 2 rings (SSSR count). The minimum absolute atomic E-state index is 0.647. The minimum atomic E-state index is 0.647. The molecule has 0 radical (unpaired) electrons. The van der Waals surface area contributed by atoms with Crippen molar-refractivity contribution in [2.24, 2.45) is 0 Å². The van der Waals surface area contributed by atoms with Crippen LogP contribution < -0.4 is 5.73 Å². The highest BCUT2D eigenvalue weighted by molar-refractivity contribution is 6.30. The lowest BCUT2D eigenvalue weighted by Crippen LogP contribution is -2.48. The van der Waals surface area contributed by atoms with Crippen molar-refractivity contribution in [1.82, 2.24) is 9.80 Å². The summed E-state index contributed by atoms with van der Waals surface area (Å²) in [5, 5.41) is 0.728. The van der Waals surface area contributed by atoms with Gasteiger partial charge in [-0.1, -0.05) is 11.6 Å².